The molecule has 3 rings (SSSR count). The normalized spacial score (nSPS) is 13.6. The minimum atomic E-state index is -0.977. The van der Waals surface area contributed by atoms with Crippen LogP contribution in [0.3, 0.4) is 0 Å². The molecule has 1 amide bonds. The van der Waals surface area contributed by atoms with Crippen LogP contribution in [0.1, 0.15) is 28.7 Å². The fourth-order valence-electron chi connectivity index (χ4n) is 2.89. The van der Waals surface area contributed by atoms with Crippen LogP contribution in [0.15, 0.2) is 48.7 Å². The van der Waals surface area contributed by atoms with Crippen molar-refractivity contribution < 1.29 is 13.9 Å². The molecule has 2 aromatic heterocycles. The van der Waals surface area contributed by atoms with E-state index in [4.69, 9.17) is 4.74 Å². The van der Waals surface area contributed by atoms with Gasteiger partial charge in [-0.05, 0) is 32.0 Å². The second-order valence-electron chi connectivity index (χ2n) is 6.07. The lowest BCUT2D eigenvalue weighted by molar-refractivity contribution is 0.000333. The van der Waals surface area contributed by atoms with Crippen LogP contribution in [0.4, 0.5) is 4.39 Å². The number of methoxy groups -OCH3 is 1. The summed E-state index contributed by atoms with van der Waals surface area (Å²) in [4.78, 5) is 17.1. The number of halogens is 1. The van der Waals surface area contributed by atoms with E-state index in [9.17, 15) is 9.18 Å². The van der Waals surface area contributed by atoms with Crippen LogP contribution >= 0.6 is 0 Å². The van der Waals surface area contributed by atoms with Gasteiger partial charge in [0.25, 0.3) is 5.91 Å². The van der Waals surface area contributed by atoms with Gasteiger partial charge >= 0.3 is 0 Å². The predicted molar refractivity (Wildman–Crippen MR) is 93.0 cm³/mol. The van der Waals surface area contributed by atoms with Crippen molar-refractivity contribution in [1.29, 1.82) is 0 Å². The van der Waals surface area contributed by atoms with Crippen LogP contribution < -0.4 is 5.32 Å². The molecule has 0 spiro atoms. The van der Waals surface area contributed by atoms with Crippen molar-refractivity contribution in [3.63, 3.8) is 0 Å². The Kier molecular flexibility index (Phi) is 4.55. The van der Waals surface area contributed by atoms with Gasteiger partial charge in [0.2, 0.25) is 0 Å². The second kappa shape index (κ2) is 6.64. The number of rotatable bonds is 5. The van der Waals surface area contributed by atoms with Crippen molar-refractivity contribution in [1.82, 2.24) is 14.7 Å². The molecule has 130 valence electrons. The Labute approximate surface area is 145 Å². The molecule has 1 N–H and O–H groups in total. The van der Waals surface area contributed by atoms with Gasteiger partial charge in [-0.2, -0.15) is 0 Å². The molecule has 25 heavy (non-hydrogen) atoms. The number of imidazole rings is 1. The van der Waals surface area contributed by atoms with Gasteiger partial charge in [-0.3, -0.25) is 9.20 Å². The minimum Gasteiger partial charge on any atom is -0.372 e. The molecule has 0 saturated carbocycles. The lowest BCUT2D eigenvalue weighted by atomic mass is 9.95. The summed E-state index contributed by atoms with van der Waals surface area (Å²) in [5.41, 5.74) is 1.22. The van der Waals surface area contributed by atoms with Crippen molar-refractivity contribution in [2.24, 2.45) is 0 Å². The molecular formula is C19H20FN3O2. The maximum absolute atomic E-state index is 14.1. The van der Waals surface area contributed by atoms with Crippen LogP contribution in [0.2, 0.25) is 0 Å². The summed E-state index contributed by atoms with van der Waals surface area (Å²) in [6.45, 7) is 3.66. The molecule has 0 aliphatic carbocycles. The van der Waals surface area contributed by atoms with Crippen molar-refractivity contribution in [3.8, 4) is 0 Å². The molecule has 1 unspecified atom stereocenters. The fourth-order valence-corrected chi connectivity index (χ4v) is 2.89. The molecule has 0 bridgehead atoms. The van der Waals surface area contributed by atoms with Gasteiger partial charge in [0.15, 0.2) is 0 Å². The van der Waals surface area contributed by atoms with E-state index in [0.29, 0.717) is 22.6 Å². The molecule has 2 heterocycles. The molecule has 0 aliphatic rings. The third-order valence-corrected chi connectivity index (χ3v) is 4.40. The van der Waals surface area contributed by atoms with Crippen LogP contribution in [0, 0.1) is 12.7 Å². The monoisotopic (exact) mass is 341 g/mol. The lowest BCUT2D eigenvalue weighted by Gasteiger charge is -2.29. The van der Waals surface area contributed by atoms with Crippen molar-refractivity contribution in [2.75, 3.05) is 13.7 Å². The number of amides is 1. The Hall–Kier alpha value is -2.73. The van der Waals surface area contributed by atoms with Gasteiger partial charge in [0.1, 0.15) is 22.8 Å². The third-order valence-electron chi connectivity index (χ3n) is 4.40. The summed E-state index contributed by atoms with van der Waals surface area (Å²) in [5.74, 6) is -0.650. The van der Waals surface area contributed by atoms with Gasteiger partial charge in [-0.1, -0.05) is 24.3 Å². The van der Waals surface area contributed by atoms with Crippen LogP contribution in [-0.2, 0) is 10.3 Å². The highest BCUT2D eigenvalue weighted by Crippen LogP contribution is 2.26. The van der Waals surface area contributed by atoms with Gasteiger partial charge in [0, 0.05) is 18.9 Å². The fraction of sp³-hybridized carbons (Fsp3) is 0.263. The summed E-state index contributed by atoms with van der Waals surface area (Å²) < 4.78 is 21.4. The highest BCUT2D eigenvalue weighted by molar-refractivity contribution is 5.94. The average Bonchev–Trinajstić information content (AvgIpc) is 2.95. The van der Waals surface area contributed by atoms with E-state index in [1.807, 2.05) is 18.2 Å². The van der Waals surface area contributed by atoms with E-state index in [0.717, 1.165) is 0 Å². The topological polar surface area (TPSA) is 55.6 Å². The zero-order chi connectivity index (χ0) is 18.0. The first kappa shape index (κ1) is 17.1. The van der Waals surface area contributed by atoms with E-state index in [1.54, 1.807) is 42.6 Å². The highest BCUT2D eigenvalue weighted by atomic mass is 19.1. The smallest absolute Gasteiger partial charge is 0.270 e. The Morgan fingerprint density at radius 2 is 2.00 bits per heavy atom. The lowest BCUT2D eigenvalue weighted by Crippen LogP contribution is -2.41. The number of hydrogen-bond acceptors (Lipinski definition) is 3. The van der Waals surface area contributed by atoms with Gasteiger partial charge < -0.3 is 10.1 Å². The van der Waals surface area contributed by atoms with Gasteiger partial charge in [-0.25, -0.2) is 9.37 Å². The number of nitrogens with one attached hydrogen (secondary N) is 1. The first-order valence-electron chi connectivity index (χ1n) is 7.98. The standard InChI is InChI=1S/C19H20FN3O2/c1-13-17(23-11-7-6-10-16(23)22-13)18(24)21-12-19(2,25-3)14-8-4-5-9-15(14)20/h4-11H,12H2,1-3H3,(H,21,24). The molecule has 0 saturated heterocycles. The number of aryl methyl sites for hydroxylation is 1. The molecule has 3 aromatic rings. The van der Waals surface area contributed by atoms with Gasteiger partial charge in [0.05, 0.1) is 12.2 Å². The summed E-state index contributed by atoms with van der Waals surface area (Å²) in [5, 5.41) is 2.84. The number of carbonyl (C=O) groups excluding carboxylic acids is 1. The number of nitrogens with zero attached hydrogens (tertiary/aromatic N) is 2. The maximum atomic E-state index is 14.1. The summed E-state index contributed by atoms with van der Waals surface area (Å²) in [6, 6.07) is 11.9. The number of pyridine rings is 1. The summed E-state index contributed by atoms with van der Waals surface area (Å²) in [7, 11) is 1.50. The van der Waals surface area contributed by atoms with E-state index >= 15 is 0 Å². The first-order chi connectivity index (χ1) is 12.0. The van der Waals surface area contributed by atoms with Crippen LogP contribution in [0.25, 0.3) is 5.65 Å². The third kappa shape index (κ3) is 3.13. The summed E-state index contributed by atoms with van der Waals surface area (Å²) >= 11 is 0. The molecule has 0 aliphatic heterocycles. The number of carbonyl (C=O) groups is 1. The minimum absolute atomic E-state index is 0.128. The molecular weight excluding hydrogens is 321 g/mol. The molecule has 0 fully saturated rings. The van der Waals surface area contributed by atoms with E-state index in [-0.39, 0.29) is 18.3 Å². The number of aromatic nitrogens is 2. The highest BCUT2D eigenvalue weighted by Gasteiger charge is 2.30. The first-order valence-corrected chi connectivity index (χ1v) is 7.98. The Morgan fingerprint density at radius 3 is 2.72 bits per heavy atom. The summed E-state index contributed by atoms with van der Waals surface area (Å²) in [6.07, 6.45) is 1.79. The second-order valence-corrected chi connectivity index (χ2v) is 6.07. The Balaban J connectivity index is 1.85. The van der Waals surface area contributed by atoms with Crippen molar-refractivity contribution >= 4 is 11.6 Å². The van der Waals surface area contributed by atoms with Crippen molar-refractivity contribution in [2.45, 2.75) is 19.4 Å². The number of benzene rings is 1. The largest absolute Gasteiger partial charge is 0.372 e. The zero-order valence-corrected chi connectivity index (χ0v) is 14.4. The van der Waals surface area contributed by atoms with E-state index in [2.05, 4.69) is 10.3 Å². The molecule has 1 atom stereocenters. The SMILES string of the molecule is COC(C)(CNC(=O)c1c(C)nc2ccccn12)c1ccccc1F. The average molecular weight is 341 g/mol. The Morgan fingerprint density at radius 1 is 1.28 bits per heavy atom. The van der Waals surface area contributed by atoms with Gasteiger partial charge in [-0.15, -0.1) is 0 Å². The Bertz CT molecular complexity index is 922. The van der Waals surface area contributed by atoms with Crippen LogP contribution in [0.5, 0.6) is 0 Å². The number of fused-ring (bicyclic) bond motifs is 1. The predicted octanol–water partition coefficient (Wildman–Crippen LogP) is 3.07. The quantitative estimate of drug-likeness (QED) is 0.776. The molecule has 0 radical (unpaired) electrons. The number of hydrogen-bond donors (Lipinski definition) is 1. The van der Waals surface area contributed by atoms with Crippen molar-refractivity contribution in [3.05, 3.63) is 71.4 Å². The molecule has 5 nitrogen and oxygen atoms in total. The van der Waals surface area contributed by atoms with E-state index < -0.39 is 5.60 Å². The maximum Gasteiger partial charge on any atom is 0.270 e. The van der Waals surface area contributed by atoms with E-state index in [1.165, 1.54) is 13.2 Å². The molecule has 6 heteroatoms. The number of ether oxygens (including phenoxy) is 1. The van der Waals surface area contributed by atoms with Crippen LogP contribution in [-0.4, -0.2) is 28.9 Å². The molecule has 1 aromatic carbocycles. The zero-order valence-electron chi connectivity index (χ0n) is 14.4.